The lowest BCUT2D eigenvalue weighted by Crippen LogP contribution is -2.48. The first-order valence-electron chi connectivity index (χ1n) is 7.75. The fraction of sp³-hybridized carbons (Fsp3) is 0.389. The van der Waals surface area contributed by atoms with E-state index in [0.29, 0.717) is 19.8 Å². The van der Waals surface area contributed by atoms with Crippen molar-refractivity contribution in [1.29, 1.82) is 0 Å². The highest BCUT2D eigenvalue weighted by Crippen LogP contribution is 2.37. The number of benzene rings is 1. The van der Waals surface area contributed by atoms with Crippen molar-refractivity contribution < 1.29 is 9.53 Å². The van der Waals surface area contributed by atoms with Crippen LogP contribution in [0.5, 0.6) is 0 Å². The molecular weight excluding hydrogens is 294 g/mol. The lowest BCUT2D eigenvalue weighted by atomic mass is 9.78. The fourth-order valence-electron chi connectivity index (χ4n) is 2.99. The molecule has 1 fully saturated rings. The van der Waals surface area contributed by atoms with Gasteiger partial charge >= 0.3 is 0 Å². The van der Waals surface area contributed by atoms with Crippen molar-refractivity contribution in [3.05, 3.63) is 58.3 Å². The number of carbonyl (C=O) groups is 1. The van der Waals surface area contributed by atoms with E-state index in [9.17, 15) is 4.79 Å². The minimum absolute atomic E-state index is 0.147. The number of rotatable bonds is 5. The number of ether oxygens (including phenoxy) is 1. The summed E-state index contributed by atoms with van der Waals surface area (Å²) in [7, 11) is 0. The summed E-state index contributed by atoms with van der Waals surface area (Å²) in [6.45, 7) is 1.99. The Labute approximate surface area is 135 Å². The first-order chi connectivity index (χ1) is 10.8. The Morgan fingerprint density at radius 3 is 2.59 bits per heavy atom. The fourth-order valence-corrected chi connectivity index (χ4v) is 3.97. The van der Waals surface area contributed by atoms with Crippen LogP contribution in [-0.2, 0) is 21.4 Å². The molecule has 116 valence electrons. The monoisotopic (exact) mass is 315 g/mol. The Morgan fingerprint density at radius 2 is 1.91 bits per heavy atom. The van der Waals surface area contributed by atoms with E-state index in [0.717, 1.165) is 24.1 Å². The minimum Gasteiger partial charge on any atom is -0.381 e. The Balaban J connectivity index is 1.65. The molecule has 1 N–H and O–H groups in total. The largest absolute Gasteiger partial charge is 0.381 e. The van der Waals surface area contributed by atoms with Gasteiger partial charge in [0.05, 0.1) is 5.41 Å². The van der Waals surface area contributed by atoms with Crippen LogP contribution in [0.2, 0.25) is 0 Å². The van der Waals surface area contributed by atoms with Crippen molar-refractivity contribution in [2.24, 2.45) is 0 Å². The normalized spacial score (nSPS) is 17.1. The van der Waals surface area contributed by atoms with Crippen molar-refractivity contribution in [2.75, 3.05) is 19.8 Å². The van der Waals surface area contributed by atoms with Gasteiger partial charge in [-0.05, 0) is 36.3 Å². The lowest BCUT2D eigenvalue weighted by Gasteiger charge is -2.35. The zero-order valence-electron chi connectivity index (χ0n) is 12.6. The van der Waals surface area contributed by atoms with Crippen LogP contribution in [0.25, 0.3) is 0 Å². The van der Waals surface area contributed by atoms with Gasteiger partial charge in [0.15, 0.2) is 0 Å². The maximum atomic E-state index is 12.8. The van der Waals surface area contributed by atoms with Gasteiger partial charge in [0.25, 0.3) is 0 Å². The van der Waals surface area contributed by atoms with Crippen LogP contribution in [0.15, 0.2) is 47.8 Å². The molecule has 3 nitrogen and oxygen atoms in total. The molecule has 0 atom stereocenters. The number of amides is 1. The second-order valence-electron chi connectivity index (χ2n) is 5.66. The Kier molecular flexibility index (Phi) is 4.90. The molecule has 0 aliphatic carbocycles. The zero-order valence-corrected chi connectivity index (χ0v) is 13.4. The van der Waals surface area contributed by atoms with E-state index in [4.69, 9.17) is 4.74 Å². The third-order valence-corrected chi connectivity index (χ3v) is 5.39. The van der Waals surface area contributed by atoms with Crippen LogP contribution < -0.4 is 5.32 Å². The zero-order chi connectivity index (χ0) is 15.3. The molecule has 4 heteroatoms. The molecule has 0 saturated carbocycles. The molecule has 0 unspecified atom stereocenters. The molecule has 1 saturated heterocycles. The second-order valence-corrected chi connectivity index (χ2v) is 6.61. The molecule has 22 heavy (non-hydrogen) atoms. The van der Waals surface area contributed by atoms with Crippen molar-refractivity contribution in [2.45, 2.75) is 24.7 Å². The van der Waals surface area contributed by atoms with Gasteiger partial charge in [-0.1, -0.05) is 36.4 Å². The SMILES string of the molecule is O=C(NCCc1ccccc1)C1(c2cccs2)CCOCC1. The molecule has 0 bridgehead atoms. The lowest BCUT2D eigenvalue weighted by molar-refractivity contribution is -0.130. The summed E-state index contributed by atoms with van der Waals surface area (Å²) in [5.41, 5.74) is 0.850. The van der Waals surface area contributed by atoms with Crippen molar-refractivity contribution in [1.82, 2.24) is 5.32 Å². The average Bonchev–Trinajstić information content (AvgIpc) is 3.11. The van der Waals surface area contributed by atoms with Gasteiger partial charge in [-0.3, -0.25) is 4.79 Å². The summed E-state index contributed by atoms with van der Waals surface area (Å²) in [6, 6.07) is 14.4. The molecule has 3 rings (SSSR count). The Morgan fingerprint density at radius 1 is 1.14 bits per heavy atom. The van der Waals surface area contributed by atoms with Gasteiger partial charge in [0.2, 0.25) is 5.91 Å². The average molecular weight is 315 g/mol. The number of nitrogens with one attached hydrogen (secondary N) is 1. The molecule has 2 aromatic rings. The summed E-state index contributed by atoms with van der Waals surface area (Å²) in [4.78, 5) is 14.0. The smallest absolute Gasteiger partial charge is 0.231 e. The molecule has 0 spiro atoms. The van der Waals surface area contributed by atoms with Gasteiger partial charge in [-0.2, -0.15) is 0 Å². The van der Waals surface area contributed by atoms with Crippen molar-refractivity contribution in [3.8, 4) is 0 Å². The van der Waals surface area contributed by atoms with Crippen molar-refractivity contribution >= 4 is 17.2 Å². The maximum absolute atomic E-state index is 12.8. The van der Waals surface area contributed by atoms with Gasteiger partial charge in [0, 0.05) is 24.6 Å². The van der Waals surface area contributed by atoms with E-state index >= 15 is 0 Å². The number of thiophene rings is 1. The molecule has 1 aliphatic heterocycles. The van der Waals surface area contributed by atoms with E-state index in [1.807, 2.05) is 29.6 Å². The second kappa shape index (κ2) is 7.07. The number of carbonyl (C=O) groups excluding carboxylic acids is 1. The summed E-state index contributed by atoms with van der Waals surface area (Å²) in [5.74, 6) is 0.147. The van der Waals surface area contributed by atoms with Crippen LogP contribution in [0.1, 0.15) is 23.3 Å². The first-order valence-corrected chi connectivity index (χ1v) is 8.63. The maximum Gasteiger partial charge on any atom is 0.231 e. The quantitative estimate of drug-likeness (QED) is 0.920. The highest BCUT2D eigenvalue weighted by Gasteiger charge is 2.42. The van der Waals surface area contributed by atoms with Gasteiger partial charge < -0.3 is 10.1 Å². The van der Waals surface area contributed by atoms with Crippen LogP contribution in [0, 0.1) is 0 Å². The molecule has 1 aromatic heterocycles. The van der Waals surface area contributed by atoms with Crippen LogP contribution in [0.3, 0.4) is 0 Å². The van der Waals surface area contributed by atoms with E-state index in [1.54, 1.807) is 11.3 Å². The van der Waals surface area contributed by atoms with Gasteiger partial charge in [-0.15, -0.1) is 11.3 Å². The molecule has 0 radical (unpaired) electrons. The van der Waals surface area contributed by atoms with E-state index in [-0.39, 0.29) is 5.91 Å². The highest BCUT2D eigenvalue weighted by molar-refractivity contribution is 7.10. The van der Waals surface area contributed by atoms with Crippen molar-refractivity contribution in [3.63, 3.8) is 0 Å². The Hall–Kier alpha value is -1.65. The van der Waals surface area contributed by atoms with E-state index in [1.165, 1.54) is 5.56 Å². The number of hydrogen-bond donors (Lipinski definition) is 1. The Bertz CT molecular complexity index is 589. The topological polar surface area (TPSA) is 38.3 Å². The molecule has 1 amide bonds. The summed E-state index contributed by atoms with van der Waals surface area (Å²) in [5, 5.41) is 5.19. The number of hydrogen-bond acceptors (Lipinski definition) is 3. The standard InChI is InChI=1S/C18H21NO2S/c20-17(19-11-8-15-5-2-1-3-6-15)18(9-12-21-13-10-18)16-7-4-14-22-16/h1-7,14H,8-13H2,(H,19,20). The third-order valence-electron chi connectivity index (χ3n) is 4.32. The van der Waals surface area contributed by atoms with Gasteiger partial charge in [-0.25, -0.2) is 0 Å². The highest BCUT2D eigenvalue weighted by atomic mass is 32.1. The van der Waals surface area contributed by atoms with Crippen LogP contribution >= 0.6 is 11.3 Å². The van der Waals surface area contributed by atoms with E-state index < -0.39 is 5.41 Å². The minimum atomic E-state index is -0.400. The first kappa shape index (κ1) is 15.3. The molecular formula is C18H21NO2S. The third kappa shape index (κ3) is 3.23. The predicted octanol–water partition coefficient (Wildman–Crippen LogP) is 3.16. The summed E-state index contributed by atoms with van der Waals surface area (Å²) >= 11 is 1.67. The van der Waals surface area contributed by atoms with Crippen LogP contribution in [0.4, 0.5) is 0 Å². The predicted molar refractivity (Wildman–Crippen MR) is 89.2 cm³/mol. The summed E-state index contributed by atoms with van der Waals surface area (Å²) in [6.07, 6.45) is 2.40. The van der Waals surface area contributed by atoms with Crippen LogP contribution in [-0.4, -0.2) is 25.7 Å². The van der Waals surface area contributed by atoms with Gasteiger partial charge in [0.1, 0.15) is 0 Å². The summed E-state index contributed by atoms with van der Waals surface area (Å²) < 4.78 is 5.47. The molecule has 2 heterocycles. The molecule has 1 aliphatic rings. The molecule has 1 aromatic carbocycles. The van der Waals surface area contributed by atoms with E-state index in [2.05, 4.69) is 23.5 Å².